The van der Waals surface area contributed by atoms with Crippen LogP contribution in [0.1, 0.15) is 43.5 Å². The minimum Gasteiger partial charge on any atom is -0.463 e. The molecule has 0 saturated heterocycles. The first kappa shape index (κ1) is 19.9. The second-order valence-electron chi connectivity index (χ2n) is 6.64. The average molecular weight is 384 g/mol. The molecule has 0 spiro atoms. The Morgan fingerprint density at radius 1 is 0.964 bits per heavy atom. The third kappa shape index (κ3) is 4.01. The topological polar surface area (TPSA) is 78.9 Å². The summed E-state index contributed by atoms with van der Waals surface area (Å²) in [4.78, 5) is 37.7. The second kappa shape index (κ2) is 8.87. The highest BCUT2D eigenvalue weighted by Crippen LogP contribution is 2.44. The van der Waals surface area contributed by atoms with E-state index in [1.807, 2.05) is 12.1 Å². The molecule has 6 heteroatoms. The summed E-state index contributed by atoms with van der Waals surface area (Å²) in [5.41, 5.74) is 2.00. The number of hydrogen-bond acceptors (Lipinski definition) is 6. The normalized spacial score (nSPS) is 20.9. The Hall–Kier alpha value is -2.89. The van der Waals surface area contributed by atoms with Crippen LogP contribution >= 0.6 is 0 Å². The number of allylic oxidation sites excluding steroid dienone is 1. The maximum absolute atomic E-state index is 12.7. The molecule has 0 N–H and O–H groups in total. The Morgan fingerprint density at radius 3 is 2.32 bits per heavy atom. The van der Waals surface area contributed by atoms with Crippen molar-refractivity contribution in [1.29, 1.82) is 0 Å². The molecule has 6 nitrogen and oxygen atoms in total. The van der Waals surface area contributed by atoms with E-state index in [9.17, 15) is 14.4 Å². The largest absolute Gasteiger partial charge is 0.463 e. The molecule has 1 saturated carbocycles. The highest BCUT2D eigenvalue weighted by atomic mass is 16.5. The Morgan fingerprint density at radius 2 is 1.64 bits per heavy atom. The summed E-state index contributed by atoms with van der Waals surface area (Å²) in [7, 11) is 0. The Kier molecular flexibility index (Phi) is 6.29. The van der Waals surface area contributed by atoms with Crippen molar-refractivity contribution in [2.24, 2.45) is 5.92 Å². The lowest BCUT2D eigenvalue weighted by atomic mass is 9.82. The summed E-state index contributed by atoms with van der Waals surface area (Å²) in [5, 5.41) is 0. The maximum Gasteiger partial charge on any atom is 0.338 e. The summed E-state index contributed by atoms with van der Waals surface area (Å²) in [6.45, 7) is 3.83. The van der Waals surface area contributed by atoms with Crippen molar-refractivity contribution in [3.05, 3.63) is 58.7 Å². The van der Waals surface area contributed by atoms with Gasteiger partial charge in [0, 0.05) is 5.92 Å². The van der Waals surface area contributed by atoms with Crippen LogP contribution in [0.25, 0.3) is 0 Å². The van der Waals surface area contributed by atoms with Crippen molar-refractivity contribution in [1.82, 2.24) is 0 Å². The first-order chi connectivity index (χ1) is 13.6. The van der Waals surface area contributed by atoms with Crippen molar-refractivity contribution >= 4 is 17.9 Å². The first-order valence-corrected chi connectivity index (χ1v) is 9.59. The van der Waals surface area contributed by atoms with Gasteiger partial charge >= 0.3 is 17.9 Å². The average Bonchev–Trinajstić information content (AvgIpc) is 3.11. The zero-order chi connectivity index (χ0) is 20.1. The molecule has 0 aliphatic heterocycles. The van der Waals surface area contributed by atoms with Crippen molar-refractivity contribution in [2.75, 3.05) is 13.2 Å². The molecule has 0 bridgehead atoms. The van der Waals surface area contributed by atoms with Gasteiger partial charge < -0.3 is 14.2 Å². The highest BCUT2D eigenvalue weighted by molar-refractivity contribution is 6.02. The number of carbonyl (C=O) groups excluding carboxylic acids is 3. The molecule has 2 atom stereocenters. The van der Waals surface area contributed by atoms with Crippen LogP contribution in [-0.2, 0) is 23.8 Å². The van der Waals surface area contributed by atoms with Gasteiger partial charge in [-0.1, -0.05) is 29.8 Å². The standard InChI is InChI=1S/C22H24O6/c1-3-26-21(24)16-12-10-14-11-13-17(18(14)19(16)22(25)27-4-2)28-20(23)15-8-6-5-7-9-15/h5-10,17-18H,3-4,11-13H2,1-2H3/t17-,18-/m0/s1. The highest BCUT2D eigenvalue weighted by Gasteiger charge is 2.44. The van der Waals surface area contributed by atoms with Gasteiger partial charge in [-0.2, -0.15) is 0 Å². The van der Waals surface area contributed by atoms with Gasteiger partial charge in [0.2, 0.25) is 0 Å². The molecule has 0 aromatic heterocycles. The molecular weight excluding hydrogens is 360 g/mol. The van der Waals surface area contributed by atoms with Crippen LogP contribution in [0, 0.1) is 5.92 Å². The lowest BCUT2D eigenvalue weighted by molar-refractivity contribution is -0.142. The van der Waals surface area contributed by atoms with Crippen molar-refractivity contribution < 1.29 is 28.6 Å². The summed E-state index contributed by atoms with van der Waals surface area (Å²) >= 11 is 0. The van der Waals surface area contributed by atoms with Crippen LogP contribution in [0.3, 0.4) is 0 Å². The van der Waals surface area contributed by atoms with Gasteiger partial charge in [0.1, 0.15) is 6.10 Å². The van der Waals surface area contributed by atoms with Gasteiger partial charge in [0.15, 0.2) is 0 Å². The Bertz CT molecular complexity index is 821. The van der Waals surface area contributed by atoms with E-state index in [4.69, 9.17) is 14.2 Å². The number of fused-ring (bicyclic) bond motifs is 1. The zero-order valence-electron chi connectivity index (χ0n) is 16.1. The maximum atomic E-state index is 12.7. The number of rotatable bonds is 6. The van der Waals surface area contributed by atoms with Crippen LogP contribution in [0.4, 0.5) is 0 Å². The Labute approximate surface area is 164 Å². The van der Waals surface area contributed by atoms with E-state index in [1.54, 1.807) is 38.1 Å². The molecule has 148 valence electrons. The summed E-state index contributed by atoms with van der Waals surface area (Å²) in [6, 6.07) is 8.71. The van der Waals surface area contributed by atoms with Crippen LogP contribution in [0.15, 0.2) is 53.1 Å². The summed E-state index contributed by atoms with van der Waals surface area (Å²) in [6.07, 6.45) is 3.03. The number of ether oxygens (including phenoxy) is 3. The minimum absolute atomic E-state index is 0.193. The number of esters is 3. The zero-order valence-corrected chi connectivity index (χ0v) is 16.1. The van der Waals surface area contributed by atoms with Gasteiger partial charge in [0.05, 0.1) is 29.9 Å². The van der Waals surface area contributed by atoms with E-state index in [2.05, 4.69) is 0 Å². The number of carbonyl (C=O) groups is 3. The lowest BCUT2D eigenvalue weighted by Gasteiger charge is -2.27. The fourth-order valence-electron chi connectivity index (χ4n) is 3.78. The van der Waals surface area contributed by atoms with Gasteiger partial charge in [0.25, 0.3) is 0 Å². The lowest BCUT2D eigenvalue weighted by Crippen LogP contribution is -2.32. The second-order valence-corrected chi connectivity index (χ2v) is 6.64. The molecule has 1 aromatic rings. The molecule has 1 fully saturated rings. The molecule has 0 radical (unpaired) electrons. The fourth-order valence-corrected chi connectivity index (χ4v) is 3.78. The molecule has 28 heavy (non-hydrogen) atoms. The molecule has 2 aliphatic carbocycles. The van der Waals surface area contributed by atoms with E-state index in [0.29, 0.717) is 24.8 Å². The monoisotopic (exact) mass is 384 g/mol. The van der Waals surface area contributed by atoms with Gasteiger partial charge in [-0.25, -0.2) is 14.4 Å². The van der Waals surface area contributed by atoms with Gasteiger partial charge in [-0.15, -0.1) is 0 Å². The van der Waals surface area contributed by atoms with Crippen LogP contribution in [0.5, 0.6) is 0 Å². The summed E-state index contributed by atoms with van der Waals surface area (Å²) < 4.78 is 16.1. The number of benzene rings is 1. The molecule has 0 amide bonds. The molecule has 2 aliphatic rings. The van der Waals surface area contributed by atoms with Crippen molar-refractivity contribution in [3.8, 4) is 0 Å². The van der Waals surface area contributed by atoms with Crippen LogP contribution in [0.2, 0.25) is 0 Å². The van der Waals surface area contributed by atoms with E-state index in [-0.39, 0.29) is 24.4 Å². The van der Waals surface area contributed by atoms with Gasteiger partial charge in [-0.05, 0) is 45.2 Å². The third-order valence-corrected chi connectivity index (χ3v) is 4.98. The quantitative estimate of drug-likeness (QED) is 0.425. The first-order valence-electron chi connectivity index (χ1n) is 9.59. The van der Waals surface area contributed by atoms with Crippen molar-refractivity contribution in [3.63, 3.8) is 0 Å². The SMILES string of the molecule is CCOC(=O)C1=C(C(=O)OCC)[C@H]2C(=CC1)CC[C@@H]2OC(=O)c1ccccc1. The van der Waals surface area contributed by atoms with E-state index in [1.165, 1.54) is 0 Å². The van der Waals surface area contributed by atoms with E-state index < -0.39 is 29.9 Å². The van der Waals surface area contributed by atoms with Crippen LogP contribution in [-0.4, -0.2) is 37.2 Å². The molecule has 0 unspecified atom stereocenters. The molecule has 1 aromatic carbocycles. The number of hydrogen-bond donors (Lipinski definition) is 0. The predicted molar refractivity (Wildman–Crippen MR) is 101 cm³/mol. The molecule has 3 rings (SSSR count). The smallest absolute Gasteiger partial charge is 0.338 e. The minimum atomic E-state index is -0.552. The van der Waals surface area contributed by atoms with E-state index >= 15 is 0 Å². The third-order valence-electron chi connectivity index (χ3n) is 4.98. The van der Waals surface area contributed by atoms with Crippen molar-refractivity contribution in [2.45, 2.75) is 39.2 Å². The molecular formula is C22H24O6. The van der Waals surface area contributed by atoms with Gasteiger partial charge in [-0.3, -0.25) is 0 Å². The van der Waals surface area contributed by atoms with Crippen LogP contribution < -0.4 is 0 Å². The predicted octanol–water partition coefficient (Wildman–Crippen LogP) is 3.37. The Balaban J connectivity index is 1.91. The fraction of sp³-hybridized carbons (Fsp3) is 0.409. The van der Waals surface area contributed by atoms with E-state index in [0.717, 1.165) is 5.57 Å². The summed E-state index contributed by atoms with van der Waals surface area (Å²) in [5.74, 6) is -2.00. The molecule has 0 heterocycles.